The summed E-state index contributed by atoms with van der Waals surface area (Å²) in [7, 11) is 3.46. The molecule has 1 aliphatic rings. The first kappa shape index (κ1) is 21.8. The van der Waals surface area contributed by atoms with Crippen LogP contribution in [0.2, 0.25) is 0 Å². The van der Waals surface area contributed by atoms with Crippen molar-refractivity contribution in [1.82, 2.24) is 15.1 Å². The van der Waals surface area contributed by atoms with Gasteiger partial charge in [-0.05, 0) is 55.8 Å². The molecule has 0 aliphatic carbocycles. The van der Waals surface area contributed by atoms with Crippen molar-refractivity contribution in [2.24, 2.45) is 0 Å². The minimum absolute atomic E-state index is 0.0312. The summed E-state index contributed by atoms with van der Waals surface area (Å²) in [6, 6.07) is 15.7. The van der Waals surface area contributed by atoms with Gasteiger partial charge in [-0.1, -0.05) is 12.1 Å². The number of nitrogens with zero attached hydrogens (tertiary/aromatic N) is 3. The van der Waals surface area contributed by atoms with Crippen LogP contribution in [-0.4, -0.2) is 67.9 Å². The van der Waals surface area contributed by atoms with Crippen molar-refractivity contribution in [3.63, 3.8) is 0 Å². The molecule has 2 aromatic carbocycles. The molecule has 1 heterocycles. The molecule has 0 bridgehead atoms. The first-order valence-corrected chi connectivity index (χ1v) is 10.5. The molecule has 0 radical (unpaired) electrons. The second-order valence-corrected chi connectivity index (χ2v) is 8.24. The molecule has 3 rings (SSSR count). The monoisotopic (exact) mass is 408 g/mol. The summed E-state index contributed by atoms with van der Waals surface area (Å²) < 4.78 is 0. The number of anilines is 1. The summed E-state index contributed by atoms with van der Waals surface area (Å²) in [4.78, 5) is 30.8. The number of nitrogens with one attached hydrogen (secondary N) is 1. The zero-order valence-electron chi connectivity index (χ0n) is 18.4. The molecule has 2 aromatic rings. The fraction of sp³-hybridized carbons (Fsp3) is 0.417. The Morgan fingerprint density at radius 2 is 1.47 bits per heavy atom. The lowest BCUT2D eigenvalue weighted by Gasteiger charge is -2.38. The van der Waals surface area contributed by atoms with E-state index >= 15 is 0 Å². The van der Waals surface area contributed by atoms with Crippen molar-refractivity contribution in [3.8, 4) is 0 Å². The molecule has 0 unspecified atom stereocenters. The van der Waals surface area contributed by atoms with Crippen LogP contribution in [0.1, 0.15) is 40.1 Å². The van der Waals surface area contributed by atoms with Crippen LogP contribution >= 0.6 is 0 Å². The lowest BCUT2D eigenvalue weighted by atomic mass is 10.1. The summed E-state index contributed by atoms with van der Waals surface area (Å²) >= 11 is 0. The molecule has 0 saturated carbocycles. The van der Waals surface area contributed by atoms with E-state index in [0.717, 1.165) is 37.4 Å². The van der Waals surface area contributed by atoms with E-state index in [-0.39, 0.29) is 11.8 Å². The Morgan fingerprint density at radius 3 is 2.00 bits per heavy atom. The predicted molar refractivity (Wildman–Crippen MR) is 121 cm³/mol. The second-order valence-electron chi connectivity index (χ2n) is 8.24. The number of benzene rings is 2. The van der Waals surface area contributed by atoms with Gasteiger partial charge < -0.3 is 15.1 Å². The molecular weight excluding hydrogens is 376 g/mol. The molecule has 0 spiro atoms. The molecule has 6 nitrogen and oxygen atoms in total. The number of carbonyl (C=O) groups is 2. The van der Waals surface area contributed by atoms with Gasteiger partial charge >= 0.3 is 0 Å². The SMILES string of the molecule is CC(C)N1CCN(c2ccc(C(=O)NCc3ccc(C(=O)N(C)C)cc3)cc2)CC1. The topological polar surface area (TPSA) is 55.9 Å². The maximum atomic E-state index is 12.5. The summed E-state index contributed by atoms with van der Waals surface area (Å²) in [5, 5.41) is 2.95. The lowest BCUT2D eigenvalue weighted by molar-refractivity contribution is 0.0827. The van der Waals surface area contributed by atoms with E-state index in [1.807, 2.05) is 36.4 Å². The van der Waals surface area contributed by atoms with Gasteiger partial charge in [-0.2, -0.15) is 0 Å². The molecule has 2 amide bonds. The zero-order valence-corrected chi connectivity index (χ0v) is 18.4. The molecule has 0 atom stereocenters. The van der Waals surface area contributed by atoms with Crippen molar-refractivity contribution < 1.29 is 9.59 Å². The first-order valence-electron chi connectivity index (χ1n) is 10.5. The Balaban J connectivity index is 1.52. The van der Waals surface area contributed by atoms with Gasteiger partial charge in [-0.25, -0.2) is 0 Å². The third-order valence-corrected chi connectivity index (χ3v) is 5.60. The Bertz CT molecular complexity index is 852. The van der Waals surface area contributed by atoms with Crippen LogP contribution in [0.3, 0.4) is 0 Å². The van der Waals surface area contributed by atoms with E-state index in [1.165, 1.54) is 0 Å². The molecule has 6 heteroatoms. The predicted octanol–water partition coefficient (Wildman–Crippen LogP) is 2.85. The number of rotatable bonds is 6. The first-order chi connectivity index (χ1) is 14.3. The van der Waals surface area contributed by atoms with Gasteiger partial charge in [0.25, 0.3) is 11.8 Å². The number of hydrogen-bond acceptors (Lipinski definition) is 4. The Kier molecular flexibility index (Phi) is 7.11. The second kappa shape index (κ2) is 9.76. The van der Waals surface area contributed by atoms with Gasteiger partial charge in [0.1, 0.15) is 0 Å². The molecule has 1 fully saturated rings. The van der Waals surface area contributed by atoms with E-state index in [9.17, 15) is 9.59 Å². The van der Waals surface area contributed by atoms with E-state index in [4.69, 9.17) is 0 Å². The van der Waals surface area contributed by atoms with Gasteiger partial charge in [-0.3, -0.25) is 14.5 Å². The number of amides is 2. The van der Waals surface area contributed by atoms with Gasteiger partial charge in [0.15, 0.2) is 0 Å². The van der Waals surface area contributed by atoms with Crippen LogP contribution in [0.15, 0.2) is 48.5 Å². The molecular formula is C24H32N4O2. The van der Waals surface area contributed by atoms with E-state index < -0.39 is 0 Å². The Morgan fingerprint density at radius 1 is 0.900 bits per heavy atom. The third kappa shape index (κ3) is 5.39. The van der Waals surface area contributed by atoms with E-state index in [0.29, 0.717) is 23.7 Å². The van der Waals surface area contributed by atoms with Crippen LogP contribution in [0, 0.1) is 0 Å². The highest BCUT2D eigenvalue weighted by Crippen LogP contribution is 2.18. The van der Waals surface area contributed by atoms with Crippen molar-refractivity contribution in [2.45, 2.75) is 26.4 Å². The van der Waals surface area contributed by atoms with Crippen LogP contribution in [0.4, 0.5) is 5.69 Å². The van der Waals surface area contributed by atoms with E-state index in [1.54, 1.807) is 31.1 Å². The smallest absolute Gasteiger partial charge is 0.253 e. The molecule has 160 valence electrons. The maximum Gasteiger partial charge on any atom is 0.253 e. The summed E-state index contributed by atoms with van der Waals surface area (Å²) in [6.07, 6.45) is 0. The zero-order chi connectivity index (χ0) is 21.7. The molecule has 0 aromatic heterocycles. The highest BCUT2D eigenvalue weighted by atomic mass is 16.2. The summed E-state index contributed by atoms with van der Waals surface area (Å²) in [5.74, 6) is -0.129. The largest absolute Gasteiger partial charge is 0.369 e. The van der Waals surface area contributed by atoms with Gasteiger partial charge in [0, 0.05) is 69.7 Å². The fourth-order valence-corrected chi connectivity index (χ4v) is 3.63. The van der Waals surface area contributed by atoms with Gasteiger partial charge in [-0.15, -0.1) is 0 Å². The number of hydrogen-bond donors (Lipinski definition) is 1. The Hall–Kier alpha value is -2.86. The molecule has 1 saturated heterocycles. The highest BCUT2D eigenvalue weighted by molar-refractivity contribution is 5.95. The normalized spacial score (nSPS) is 14.6. The van der Waals surface area contributed by atoms with Crippen LogP contribution in [-0.2, 0) is 6.54 Å². The Labute approximate surface area is 179 Å². The average molecular weight is 409 g/mol. The fourth-order valence-electron chi connectivity index (χ4n) is 3.63. The third-order valence-electron chi connectivity index (χ3n) is 5.60. The molecule has 1 N–H and O–H groups in total. The average Bonchev–Trinajstić information content (AvgIpc) is 2.77. The van der Waals surface area contributed by atoms with Gasteiger partial charge in [0.2, 0.25) is 0 Å². The van der Waals surface area contributed by atoms with E-state index in [2.05, 4.69) is 29.0 Å². The van der Waals surface area contributed by atoms with Crippen LogP contribution in [0.25, 0.3) is 0 Å². The van der Waals surface area contributed by atoms with Crippen molar-refractivity contribution in [2.75, 3.05) is 45.2 Å². The maximum absolute atomic E-state index is 12.5. The summed E-state index contributed by atoms with van der Waals surface area (Å²) in [5.41, 5.74) is 3.41. The standard InChI is InChI=1S/C24H32N4O2/c1-18(2)27-13-15-28(16-14-27)22-11-9-20(10-12-22)23(29)25-17-19-5-7-21(8-6-19)24(30)26(3)4/h5-12,18H,13-17H2,1-4H3,(H,25,29). The van der Waals surface area contributed by atoms with Crippen molar-refractivity contribution >= 4 is 17.5 Å². The van der Waals surface area contributed by atoms with Crippen LogP contribution in [0.5, 0.6) is 0 Å². The number of carbonyl (C=O) groups excluding carboxylic acids is 2. The van der Waals surface area contributed by atoms with Gasteiger partial charge in [0.05, 0.1) is 0 Å². The quantitative estimate of drug-likeness (QED) is 0.799. The van der Waals surface area contributed by atoms with Crippen molar-refractivity contribution in [1.29, 1.82) is 0 Å². The number of piperazine rings is 1. The minimum Gasteiger partial charge on any atom is -0.369 e. The van der Waals surface area contributed by atoms with Crippen LogP contribution < -0.4 is 10.2 Å². The highest BCUT2D eigenvalue weighted by Gasteiger charge is 2.19. The molecule has 30 heavy (non-hydrogen) atoms. The molecule has 1 aliphatic heterocycles. The summed E-state index contributed by atoms with van der Waals surface area (Å²) in [6.45, 7) is 9.05. The van der Waals surface area contributed by atoms with Crippen molar-refractivity contribution in [3.05, 3.63) is 65.2 Å². The minimum atomic E-state index is -0.0976. The lowest BCUT2D eigenvalue weighted by Crippen LogP contribution is -2.48.